The second-order valence-electron chi connectivity index (χ2n) is 7.35. The molecule has 4 rings (SSSR count). The number of rotatable bonds is 4. The quantitative estimate of drug-likeness (QED) is 0.751. The molecule has 10 heteroatoms. The van der Waals surface area contributed by atoms with E-state index in [1.54, 1.807) is 0 Å². The van der Waals surface area contributed by atoms with E-state index in [1.807, 2.05) is 6.92 Å². The van der Waals surface area contributed by atoms with Crippen LogP contribution >= 0.6 is 11.3 Å². The molecule has 2 amide bonds. The van der Waals surface area contributed by atoms with Crippen molar-refractivity contribution in [2.75, 3.05) is 18.4 Å². The third kappa shape index (κ3) is 3.61. The van der Waals surface area contributed by atoms with Crippen molar-refractivity contribution in [3.05, 3.63) is 45.0 Å². The maximum absolute atomic E-state index is 13.9. The lowest BCUT2D eigenvalue weighted by atomic mass is 9.91. The van der Waals surface area contributed by atoms with Gasteiger partial charge in [-0.15, -0.1) is 11.3 Å². The average Bonchev–Trinajstić information content (AvgIpc) is 3.27. The number of nitrogens with one attached hydrogen (secondary N) is 1. The summed E-state index contributed by atoms with van der Waals surface area (Å²) in [5.74, 6) is -2.85. The molecule has 0 radical (unpaired) electrons. The molecule has 2 aromatic heterocycles. The summed E-state index contributed by atoms with van der Waals surface area (Å²) < 4.78 is 51.7. The Kier molecular flexibility index (Phi) is 4.64. The van der Waals surface area contributed by atoms with Crippen LogP contribution in [0.15, 0.2) is 18.3 Å². The van der Waals surface area contributed by atoms with Gasteiger partial charge in [-0.25, -0.2) is 9.37 Å². The first-order valence-electron chi connectivity index (χ1n) is 9.08. The number of hydrogen-bond donors (Lipinski definition) is 1. The van der Waals surface area contributed by atoms with E-state index in [-0.39, 0.29) is 23.9 Å². The Morgan fingerprint density at radius 3 is 2.66 bits per heavy atom. The Balaban J connectivity index is 1.49. The predicted molar refractivity (Wildman–Crippen MR) is 98.3 cm³/mol. The van der Waals surface area contributed by atoms with Crippen molar-refractivity contribution in [2.45, 2.75) is 37.8 Å². The molecule has 1 spiro atoms. The first-order chi connectivity index (χ1) is 13.6. The molecule has 1 N–H and O–H groups in total. The summed E-state index contributed by atoms with van der Waals surface area (Å²) in [5, 5.41) is 2.16. The second kappa shape index (κ2) is 6.79. The van der Waals surface area contributed by atoms with E-state index in [4.69, 9.17) is 0 Å². The topological polar surface area (TPSA) is 62.3 Å². The van der Waals surface area contributed by atoms with Crippen LogP contribution < -0.4 is 5.32 Å². The van der Waals surface area contributed by atoms with Crippen molar-refractivity contribution < 1.29 is 27.2 Å². The van der Waals surface area contributed by atoms with Gasteiger partial charge in [0.1, 0.15) is 6.54 Å². The van der Waals surface area contributed by atoms with Gasteiger partial charge in [-0.2, -0.15) is 13.2 Å². The fourth-order valence-corrected chi connectivity index (χ4v) is 4.76. The van der Waals surface area contributed by atoms with E-state index < -0.39 is 29.3 Å². The minimum Gasteiger partial charge on any atom is -0.328 e. The van der Waals surface area contributed by atoms with Gasteiger partial charge in [0.25, 0.3) is 5.91 Å². The lowest BCUT2D eigenvalue weighted by Gasteiger charge is -2.32. The summed E-state index contributed by atoms with van der Waals surface area (Å²) in [5.41, 5.74) is -0.311. The third-order valence-electron chi connectivity index (χ3n) is 5.29. The number of aromatic nitrogens is 1. The molecule has 0 unspecified atom stereocenters. The van der Waals surface area contributed by atoms with Crippen molar-refractivity contribution in [1.82, 2.24) is 9.88 Å². The van der Waals surface area contributed by atoms with E-state index in [1.165, 1.54) is 16.2 Å². The van der Waals surface area contributed by atoms with Gasteiger partial charge >= 0.3 is 6.18 Å². The molecule has 0 bridgehead atoms. The summed E-state index contributed by atoms with van der Waals surface area (Å²) >= 11 is 1.43. The molecule has 2 aromatic rings. The molecule has 1 aliphatic carbocycles. The highest BCUT2D eigenvalue weighted by atomic mass is 32.1. The minimum absolute atomic E-state index is 0.120. The van der Waals surface area contributed by atoms with Crippen molar-refractivity contribution in [2.24, 2.45) is 0 Å². The summed E-state index contributed by atoms with van der Waals surface area (Å²) in [6.45, 7) is 2.09. The molecule has 3 heterocycles. The van der Waals surface area contributed by atoms with Crippen LogP contribution in [-0.2, 0) is 22.8 Å². The van der Waals surface area contributed by atoms with Gasteiger partial charge in [0.15, 0.2) is 11.6 Å². The summed E-state index contributed by atoms with van der Waals surface area (Å²) in [6, 6.07) is 2.35. The van der Waals surface area contributed by atoms with Crippen LogP contribution in [0.1, 0.15) is 45.4 Å². The van der Waals surface area contributed by atoms with Gasteiger partial charge in [-0.3, -0.25) is 9.59 Å². The largest absolute Gasteiger partial charge is 0.417 e. The number of carbonyl (C=O) groups is 2. The normalized spacial score (nSPS) is 17.4. The number of anilines is 1. The van der Waals surface area contributed by atoms with E-state index >= 15 is 0 Å². The highest BCUT2D eigenvalue weighted by Crippen LogP contribution is 2.54. The number of pyridine rings is 1. The number of fused-ring (bicyclic) bond motifs is 2. The number of carbonyl (C=O) groups excluding carboxylic acids is 2. The zero-order valence-corrected chi connectivity index (χ0v) is 16.2. The van der Waals surface area contributed by atoms with Gasteiger partial charge in [0.05, 0.1) is 10.4 Å². The molecule has 5 nitrogen and oxygen atoms in total. The molecule has 0 saturated heterocycles. The van der Waals surface area contributed by atoms with Gasteiger partial charge in [-0.05, 0) is 37.0 Å². The van der Waals surface area contributed by atoms with Crippen LogP contribution in [-0.4, -0.2) is 34.8 Å². The van der Waals surface area contributed by atoms with Gasteiger partial charge < -0.3 is 10.2 Å². The predicted octanol–water partition coefficient (Wildman–Crippen LogP) is 3.99. The summed E-state index contributed by atoms with van der Waals surface area (Å²) in [7, 11) is 0. The lowest BCUT2D eigenvalue weighted by molar-refractivity contribution is -0.138. The first-order valence-corrected chi connectivity index (χ1v) is 9.90. The van der Waals surface area contributed by atoms with E-state index in [0.717, 1.165) is 29.7 Å². The number of halogens is 4. The number of hydrogen-bond acceptors (Lipinski definition) is 4. The van der Waals surface area contributed by atoms with Crippen molar-refractivity contribution in [3.63, 3.8) is 0 Å². The molecule has 2 aliphatic rings. The SMILES string of the molecule is CCc1cc2c(s1)C(=O)N(CC(=O)Nc1ncc(C(F)(F)F)cc1F)CC21CC1. The average molecular weight is 427 g/mol. The van der Waals surface area contributed by atoms with E-state index in [2.05, 4.69) is 16.4 Å². The second-order valence-corrected chi connectivity index (χ2v) is 8.49. The third-order valence-corrected chi connectivity index (χ3v) is 6.56. The molecule has 1 fully saturated rings. The maximum atomic E-state index is 13.9. The molecule has 1 aliphatic heterocycles. The van der Waals surface area contributed by atoms with E-state index in [0.29, 0.717) is 17.6 Å². The number of nitrogens with zero attached hydrogens (tertiary/aromatic N) is 2. The van der Waals surface area contributed by atoms with Crippen molar-refractivity contribution >= 4 is 29.0 Å². The molecule has 0 aromatic carbocycles. The molecular weight excluding hydrogens is 410 g/mol. The van der Waals surface area contributed by atoms with Crippen LogP contribution in [0.4, 0.5) is 23.4 Å². The van der Waals surface area contributed by atoms with Crippen molar-refractivity contribution in [1.29, 1.82) is 0 Å². The number of alkyl halides is 3. The zero-order chi connectivity index (χ0) is 21.0. The number of thiophene rings is 1. The summed E-state index contributed by atoms with van der Waals surface area (Å²) in [6.07, 6.45) is -1.60. The molecule has 29 heavy (non-hydrogen) atoms. The van der Waals surface area contributed by atoms with Gasteiger partial charge in [0.2, 0.25) is 5.91 Å². The Morgan fingerprint density at radius 1 is 1.34 bits per heavy atom. The van der Waals surface area contributed by atoms with Crippen LogP contribution in [0.25, 0.3) is 0 Å². The van der Waals surface area contributed by atoms with E-state index in [9.17, 15) is 27.2 Å². The van der Waals surface area contributed by atoms with Crippen LogP contribution in [0.2, 0.25) is 0 Å². The maximum Gasteiger partial charge on any atom is 0.417 e. The van der Waals surface area contributed by atoms with Crippen LogP contribution in [0.3, 0.4) is 0 Å². The number of aryl methyl sites for hydroxylation is 1. The molecule has 154 valence electrons. The molecule has 0 atom stereocenters. The fraction of sp³-hybridized carbons (Fsp3) is 0.421. The Labute approximate surface area is 167 Å². The minimum atomic E-state index is -4.73. The molecule has 1 saturated carbocycles. The Bertz CT molecular complexity index is 998. The lowest BCUT2D eigenvalue weighted by Crippen LogP contribution is -2.46. The van der Waals surface area contributed by atoms with Crippen molar-refractivity contribution in [3.8, 4) is 0 Å². The fourth-order valence-electron chi connectivity index (χ4n) is 3.57. The van der Waals surface area contributed by atoms with Crippen LogP contribution in [0, 0.1) is 5.82 Å². The van der Waals surface area contributed by atoms with Gasteiger partial charge in [0, 0.05) is 23.0 Å². The monoisotopic (exact) mass is 427 g/mol. The highest BCUT2D eigenvalue weighted by molar-refractivity contribution is 7.14. The molecular formula is C19H17F4N3O2S. The standard InChI is InChI=1S/C19H17F4N3O2S/c1-2-11-6-12-15(29-11)17(28)26(9-18(12)3-4-18)8-14(27)25-16-13(20)5-10(7-24-16)19(21,22)23/h5-7H,2-4,8-9H2,1H3,(H,24,25,27). The number of amides is 2. The highest BCUT2D eigenvalue weighted by Gasteiger charge is 2.52. The van der Waals surface area contributed by atoms with Crippen LogP contribution in [0.5, 0.6) is 0 Å². The Morgan fingerprint density at radius 2 is 2.07 bits per heavy atom. The zero-order valence-electron chi connectivity index (χ0n) is 15.4. The smallest absolute Gasteiger partial charge is 0.328 e. The Hall–Kier alpha value is -2.49. The van der Waals surface area contributed by atoms with Gasteiger partial charge in [-0.1, -0.05) is 6.92 Å². The summed E-state index contributed by atoms with van der Waals surface area (Å²) in [4.78, 5) is 31.7. The first kappa shape index (κ1) is 19.8.